The van der Waals surface area contributed by atoms with E-state index in [-0.39, 0.29) is 5.91 Å². The third-order valence-electron chi connectivity index (χ3n) is 5.03. The monoisotopic (exact) mass is 506 g/mol. The number of rotatable bonds is 6. The number of amides is 1. The van der Waals surface area contributed by atoms with Gasteiger partial charge in [0.05, 0.1) is 10.7 Å². The fourth-order valence-electron chi connectivity index (χ4n) is 3.25. The van der Waals surface area contributed by atoms with Crippen LogP contribution >= 0.6 is 27.5 Å². The molecule has 0 bridgehead atoms. The highest BCUT2D eigenvalue weighted by atomic mass is 79.9. The van der Waals surface area contributed by atoms with E-state index in [1.165, 1.54) is 10.8 Å². The molecule has 4 rings (SSSR count). The number of carbonyl (C=O) groups excluding carboxylic acids is 1. The molecule has 0 aliphatic rings. The van der Waals surface area contributed by atoms with E-state index in [2.05, 4.69) is 50.7 Å². The maximum Gasteiger partial charge on any atom is 0.271 e. The maximum absolute atomic E-state index is 12.2. The zero-order valence-electron chi connectivity index (χ0n) is 17.3. The van der Waals surface area contributed by atoms with E-state index in [0.717, 1.165) is 26.9 Å². The quantitative estimate of drug-likeness (QED) is 0.228. The van der Waals surface area contributed by atoms with Crippen molar-refractivity contribution in [3.63, 3.8) is 0 Å². The first-order chi connectivity index (χ1) is 15.5. The first kappa shape index (κ1) is 22.1. The predicted octanol–water partition coefficient (Wildman–Crippen LogP) is 6.91. The van der Waals surface area contributed by atoms with Crippen molar-refractivity contribution in [2.24, 2.45) is 5.10 Å². The molecule has 4 aromatic carbocycles. The summed E-state index contributed by atoms with van der Waals surface area (Å²) in [7, 11) is 0. The van der Waals surface area contributed by atoms with Crippen LogP contribution < -0.4 is 10.2 Å². The van der Waals surface area contributed by atoms with Gasteiger partial charge in [0.25, 0.3) is 5.91 Å². The molecule has 0 aliphatic heterocycles. The van der Waals surface area contributed by atoms with Crippen LogP contribution in [0.1, 0.15) is 27.0 Å². The summed E-state index contributed by atoms with van der Waals surface area (Å²) in [4.78, 5) is 12.2. The Hall–Kier alpha value is -3.15. The molecule has 32 heavy (non-hydrogen) atoms. The van der Waals surface area contributed by atoms with Crippen molar-refractivity contribution in [1.29, 1.82) is 0 Å². The topological polar surface area (TPSA) is 50.7 Å². The molecule has 1 amide bonds. The largest absolute Gasteiger partial charge is 0.488 e. The Bertz CT molecular complexity index is 1320. The van der Waals surface area contributed by atoms with E-state index >= 15 is 0 Å². The first-order valence-corrected chi connectivity index (χ1v) is 11.2. The maximum atomic E-state index is 12.2. The lowest BCUT2D eigenvalue weighted by Gasteiger charge is -2.11. The van der Waals surface area contributed by atoms with Gasteiger partial charge < -0.3 is 4.74 Å². The summed E-state index contributed by atoms with van der Waals surface area (Å²) in [6, 6.07) is 25.2. The molecule has 0 saturated carbocycles. The third-order valence-corrected chi connectivity index (χ3v) is 6.06. The molecule has 160 valence electrons. The Labute approximate surface area is 200 Å². The van der Waals surface area contributed by atoms with Gasteiger partial charge in [-0.05, 0) is 80.6 Å². The number of benzene rings is 4. The zero-order chi connectivity index (χ0) is 22.5. The van der Waals surface area contributed by atoms with E-state index in [1.807, 2.05) is 43.3 Å². The minimum atomic E-state index is -0.322. The summed E-state index contributed by atoms with van der Waals surface area (Å²) in [5, 5.41) is 6.96. The molecule has 0 aromatic heterocycles. The molecule has 0 fully saturated rings. The molecule has 4 nitrogen and oxygen atoms in total. The molecule has 0 unspecified atom stereocenters. The van der Waals surface area contributed by atoms with Gasteiger partial charge in [0.1, 0.15) is 12.4 Å². The van der Waals surface area contributed by atoms with Crippen molar-refractivity contribution < 1.29 is 9.53 Å². The molecule has 0 aliphatic carbocycles. The Balaban J connectivity index is 1.39. The van der Waals surface area contributed by atoms with Gasteiger partial charge in [0.15, 0.2) is 0 Å². The highest BCUT2D eigenvalue weighted by molar-refractivity contribution is 9.10. The Morgan fingerprint density at radius 3 is 2.69 bits per heavy atom. The highest BCUT2D eigenvalue weighted by Crippen LogP contribution is 2.27. The molecular formula is C26H20BrClN2O2. The van der Waals surface area contributed by atoms with E-state index in [4.69, 9.17) is 16.3 Å². The molecular weight excluding hydrogens is 488 g/mol. The number of hydrogen-bond acceptors (Lipinski definition) is 3. The van der Waals surface area contributed by atoms with Crippen LogP contribution in [0, 0.1) is 6.92 Å². The summed E-state index contributed by atoms with van der Waals surface area (Å²) in [5.74, 6) is 0.408. The normalized spacial score (nSPS) is 11.1. The second-order valence-corrected chi connectivity index (χ2v) is 8.54. The second-order valence-electron chi connectivity index (χ2n) is 7.28. The minimum Gasteiger partial charge on any atom is -0.488 e. The number of aryl methyl sites for hydroxylation is 1. The van der Waals surface area contributed by atoms with Crippen molar-refractivity contribution in [3.05, 3.63) is 111 Å². The predicted molar refractivity (Wildman–Crippen MR) is 134 cm³/mol. The number of ether oxygens (including phenoxy) is 1. The summed E-state index contributed by atoms with van der Waals surface area (Å²) in [5.41, 5.74) is 5.83. The van der Waals surface area contributed by atoms with Crippen LogP contribution in [0.2, 0.25) is 5.02 Å². The number of nitrogens with zero attached hydrogens (tertiary/aromatic N) is 1. The molecule has 6 heteroatoms. The minimum absolute atomic E-state index is 0.322. The van der Waals surface area contributed by atoms with Crippen molar-refractivity contribution in [3.8, 4) is 5.75 Å². The van der Waals surface area contributed by atoms with Gasteiger partial charge in [-0.3, -0.25) is 4.79 Å². The Kier molecular flexibility index (Phi) is 6.88. The van der Waals surface area contributed by atoms with Crippen LogP contribution in [0.15, 0.2) is 88.4 Å². The summed E-state index contributed by atoms with van der Waals surface area (Å²) >= 11 is 9.63. The summed E-state index contributed by atoms with van der Waals surface area (Å²) in [6.45, 7) is 2.35. The molecule has 4 aromatic rings. The van der Waals surface area contributed by atoms with Crippen molar-refractivity contribution >= 4 is 50.4 Å². The number of hydrazone groups is 1. The number of fused-ring (bicyclic) bond motifs is 1. The van der Waals surface area contributed by atoms with E-state index in [0.29, 0.717) is 17.2 Å². The van der Waals surface area contributed by atoms with Gasteiger partial charge in [0.2, 0.25) is 0 Å². The Morgan fingerprint density at radius 2 is 1.88 bits per heavy atom. The van der Waals surface area contributed by atoms with Crippen LogP contribution in [0.4, 0.5) is 0 Å². The molecule has 1 N–H and O–H groups in total. The average molecular weight is 508 g/mol. The molecule has 0 atom stereocenters. The van der Waals surface area contributed by atoms with Gasteiger partial charge in [-0.2, -0.15) is 5.10 Å². The standard InChI is InChI=1S/C26H20BrClN2O2/c1-17-9-11-20(14-24(17)28)26(31)30-29-15-18-10-12-25(23(27)13-18)32-16-21-7-4-6-19-5-2-3-8-22(19)21/h2-15H,16H2,1H3,(H,30,31)/b29-15-. The van der Waals surface area contributed by atoms with Crippen molar-refractivity contribution in [2.75, 3.05) is 0 Å². The second kappa shape index (κ2) is 9.98. The lowest BCUT2D eigenvalue weighted by Crippen LogP contribution is -2.17. The molecule has 0 radical (unpaired) electrons. The van der Waals surface area contributed by atoms with Gasteiger partial charge in [-0.15, -0.1) is 0 Å². The van der Waals surface area contributed by atoms with Gasteiger partial charge >= 0.3 is 0 Å². The van der Waals surface area contributed by atoms with Crippen LogP contribution in [0.3, 0.4) is 0 Å². The van der Waals surface area contributed by atoms with Crippen molar-refractivity contribution in [2.45, 2.75) is 13.5 Å². The first-order valence-electron chi connectivity index (χ1n) is 10.00. The van der Waals surface area contributed by atoms with E-state index in [9.17, 15) is 4.79 Å². The van der Waals surface area contributed by atoms with E-state index in [1.54, 1.807) is 24.4 Å². The molecule has 0 heterocycles. The molecule has 0 spiro atoms. The van der Waals surface area contributed by atoms with Gasteiger partial charge in [-0.1, -0.05) is 60.1 Å². The molecule has 0 saturated heterocycles. The summed E-state index contributed by atoms with van der Waals surface area (Å²) in [6.07, 6.45) is 1.58. The van der Waals surface area contributed by atoms with Crippen LogP contribution in [0.5, 0.6) is 5.75 Å². The SMILES string of the molecule is Cc1ccc(C(=O)N/N=C\c2ccc(OCc3cccc4ccccc34)c(Br)c2)cc1Cl. The number of carbonyl (C=O) groups is 1. The third kappa shape index (κ3) is 5.18. The average Bonchev–Trinajstić information content (AvgIpc) is 2.80. The van der Waals surface area contributed by atoms with Crippen LogP contribution in [-0.4, -0.2) is 12.1 Å². The Morgan fingerprint density at radius 1 is 1.06 bits per heavy atom. The number of halogens is 2. The van der Waals surface area contributed by atoms with E-state index < -0.39 is 0 Å². The van der Waals surface area contributed by atoms with Gasteiger partial charge in [0, 0.05) is 10.6 Å². The number of nitrogens with one attached hydrogen (secondary N) is 1. The lowest BCUT2D eigenvalue weighted by atomic mass is 10.1. The zero-order valence-corrected chi connectivity index (χ0v) is 19.7. The smallest absolute Gasteiger partial charge is 0.271 e. The lowest BCUT2D eigenvalue weighted by molar-refractivity contribution is 0.0955. The fourth-order valence-corrected chi connectivity index (χ4v) is 3.94. The highest BCUT2D eigenvalue weighted by Gasteiger charge is 2.07. The number of hydrogen-bond donors (Lipinski definition) is 1. The van der Waals surface area contributed by atoms with Crippen molar-refractivity contribution in [1.82, 2.24) is 5.43 Å². The summed E-state index contributed by atoms with van der Waals surface area (Å²) < 4.78 is 6.84. The van der Waals surface area contributed by atoms with Gasteiger partial charge in [-0.25, -0.2) is 5.43 Å². The van der Waals surface area contributed by atoms with Crippen LogP contribution in [0.25, 0.3) is 10.8 Å². The fraction of sp³-hybridized carbons (Fsp3) is 0.0769. The van der Waals surface area contributed by atoms with Crippen LogP contribution in [-0.2, 0) is 6.61 Å².